The third kappa shape index (κ3) is 3.56. The number of unbranched alkanes of at least 4 members (excludes halogenated alkanes) is 1. The lowest BCUT2D eigenvalue weighted by atomic mass is 10.3. The van der Waals surface area contributed by atoms with Gasteiger partial charge >= 0.3 is 0 Å². The average molecular weight is 271 g/mol. The monoisotopic (exact) mass is 270 g/mol. The molecular formula is C13H19ClN2O2. The Balaban J connectivity index is 2.00. The summed E-state index contributed by atoms with van der Waals surface area (Å²) in [6.45, 7) is 4.01. The molecule has 1 heterocycles. The van der Waals surface area contributed by atoms with E-state index in [0.717, 1.165) is 38.1 Å². The Hall–Kier alpha value is -0.870. The molecule has 0 radical (unpaired) electrons. The van der Waals surface area contributed by atoms with Crippen LogP contribution >= 0.6 is 11.6 Å². The summed E-state index contributed by atoms with van der Waals surface area (Å²) in [6.07, 6.45) is 4.38. The first kappa shape index (κ1) is 13.6. The topological polar surface area (TPSA) is 44.1 Å². The van der Waals surface area contributed by atoms with E-state index >= 15 is 0 Å². The van der Waals surface area contributed by atoms with Gasteiger partial charge in [-0.05, 0) is 19.3 Å². The summed E-state index contributed by atoms with van der Waals surface area (Å²) in [6, 6.07) is 1.37. The van der Waals surface area contributed by atoms with Crippen LogP contribution in [0.4, 0.5) is 0 Å². The second kappa shape index (κ2) is 6.34. The van der Waals surface area contributed by atoms with Crippen LogP contribution in [0.2, 0.25) is 5.15 Å². The third-order valence-corrected chi connectivity index (χ3v) is 3.24. The molecule has 4 nitrogen and oxygen atoms in total. The number of hydrogen-bond acceptors (Lipinski definition) is 3. The van der Waals surface area contributed by atoms with Crippen molar-refractivity contribution in [1.29, 1.82) is 0 Å². The standard InChI is InChI=1S/C13H19ClN2O2/c1-2-3-7-18-8-6-16-12(17)9-11(14)15-13(16)10-4-5-10/h9-10H,2-8H2,1H3. The fourth-order valence-corrected chi connectivity index (χ4v) is 2.06. The fourth-order valence-electron chi connectivity index (χ4n) is 1.88. The van der Waals surface area contributed by atoms with Crippen molar-refractivity contribution in [2.45, 2.75) is 45.1 Å². The molecule has 0 aliphatic heterocycles. The molecule has 1 aliphatic rings. The Morgan fingerprint density at radius 3 is 2.94 bits per heavy atom. The van der Waals surface area contributed by atoms with Crippen LogP contribution in [0.25, 0.3) is 0 Å². The van der Waals surface area contributed by atoms with Gasteiger partial charge in [-0.3, -0.25) is 9.36 Å². The van der Waals surface area contributed by atoms with Crippen molar-refractivity contribution in [3.05, 3.63) is 27.4 Å². The van der Waals surface area contributed by atoms with Crippen molar-refractivity contribution in [2.75, 3.05) is 13.2 Å². The number of halogens is 1. The van der Waals surface area contributed by atoms with E-state index < -0.39 is 0 Å². The van der Waals surface area contributed by atoms with Gasteiger partial charge in [-0.15, -0.1) is 0 Å². The minimum Gasteiger partial charge on any atom is -0.380 e. The molecule has 5 heteroatoms. The molecule has 1 aliphatic carbocycles. The Labute approximate surface area is 112 Å². The second-order valence-electron chi connectivity index (χ2n) is 4.67. The predicted octanol–water partition coefficient (Wildman–Crippen LogP) is 2.59. The summed E-state index contributed by atoms with van der Waals surface area (Å²) in [5, 5.41) is 0.296. The van der Waals surface area contributed by atoms with E-state index in [4.69, 9.17) is 16.3 Å². The first-order chi connectivity index (χ1) is 8.72. The zero-order chi connectivity index (χ0) is 13.0. The molecule has 1 aromatic heterocycles. The fraction of sp³-hybridized carbons (Fsp3) is 0.692. The van der Waals surface area contributed by atoms with Crippen LogP contribution < -0.4 is 5.56 Å². The molecule has 1 saturated carbocycles. The molecule has 0 saturated heterocycles. The Kier molecular flexibility index (Phi) is 4.78. The van der Waals surface area contributed by atoms with E-state index in [1.54, 1.807) is 4.57 Å². The van der Waals surface area contributed by atoms with E-state index in [2.05, 4.69) is 11.9 Å². The van der Waals surface area contributed by atoms with Gasteiger partial charge < -0.3 is 4.74 Å². The SMILES string of the molecule is CCCCOCCn1c(C2CC2)nc(Cl)cc1=O. The van der Waals surface area contributed by atoms with Crippen molar-refractivity contribution in [3.8, 4) is 0 Å². The van der Waals surface area contributed by atoms with Crippen LogP contribution in [-0.2, 0) is 11.3 Å². The molecule has 0 unspecified atom stereocenters. The van der Waals surface area contributed by atoms with Gasteiger partial charge in [0.25, 0.3) is 5.56 Å². The van der Waals surface area contributed by atoms with Crippen LogP contribution in [0.1, 0.15) is 44.3 Å². The van der Waals surface area contributed by atoms with Crippen LogP contribution in [0.3, 0.4) is 0 Å². The maximum atomic E-state index is 11.9. The quantitative estimate of drug-likeness (QED) is 0.565. The molecule has 0 atom stereocenters. The number of ether oxygens (including phenoxy) is 1. The van der Waals surface area contributed by atoms with Crippen LogP contribution in [0.15, 0.2) is 10.9 Å². The molecule has 100 valence electrons. The largest absolute Gasteiger partial charge is 0.380 e. The molecule has 0 spiro atoms. The lowest BCUT2D eigenvalue weighted by Crippen LogP contribution is -2.26. The number of nitrogens with zero attached hydrogens (tertiary/aromatic N) is 2. The van der Waals surface area contributed by atoms with E-state index in [0.29, 0.717) is 24.2 Å². The highest BCUT2D eigenvalue weighted by Gasteiger charge is 2.28. The summed E-state index contributed by atoms with van der Waals surface area (Å²) in [5.74, 6) is 1.23. The summed E-state index contributed by atoms with van der Waals surface area (Å²) < 4.78 is 7.20. The van der Waals surface area contributed by atoms with Gasteiger partial charge in [-0.2, -0.15) is 0 Å². The van der Waals surface area contributed by atoms with E-state index in [-0.39, 0.29) is 5.56 Å². The van der Waals surface area contributed by atoms with Gasteiger partial charge in [0.1, 0.15) is 11.0 Å². The van der Waals surface area contributed by atoms with Crippen molar-refractivity contribution in [1.82, 2.24) is 9.55 Å². The first-order valence-electron chi connectivity index (χ1n) is 6.57. The van der Waals surface area contributed by atoms with Gasteiger partial charge in [0.2, 0.25) is 0 Å². The summed E-state index contributed by atoms with van der Waals surface area (Å²) in [7, 11) is 0. The first-order valence-corrected chi connectivity index (χ1v) is 6.95. The van der Waals surface area contributed by atoms with Gasteiger partial charge in [0, 0.05) is 18.6 Å². The number of rotatable bonds is 7. The second-order valence-corrected chi connectivity index (χ2v) is 5.05. The minimum absolute atomic E-state index is 0.0732. The minimum atomic E-state index is -0.0732. The van der Waals surface area contributed by atoms with Crippen LogP contribution in [0, 0.1) is 0 Å². The van der Waals surface area contributed by atoms with Gasteiger partial charge in [-0.25, -0.2) is 4.98 Å². The molecule has 0 N–H and O–H groups in total. The lowest BCUT2D eigenvalue weighted by molar-refractivity contribution is 0.122. The summed E-state index contributed by atoms with van der Waals surface area (Å²) >= 11 is 5.84. The van der Waals surface area contributed by atoms with Crippen molar-refractivity contribution in [3.63, 3.8) is 0 Å². The zero-order valence-corrected chi connectivity index (χ0v) is 11.4. The molecule has 1 aromatic rings. The molecule has 0 bridgehead atoms. The Bertz CT molecular complexity index is 455. The average Bonchev–Trinajstić information content (AvgIpc) is 3.14. The molecule has 0 aromatic carbocycles. The van der Waals surface area contributed by atoms with Crippen molar-refractivity contribution < 1.29 is 4.74 Å². The molecule has 1 fully saturated rings. The summed E-state index contributed by atoms with van der Waals surface area (Å²) in [5.41, 5.74) is -0.0732. The Morgan fingerprint density at radius 1 is 1.50 bits per heavy atom. The highest BCUT2D eigenvalue weighted by molar-refractivity contribution is 6.29. The van der Waals surface area contributed by atoms with Crippen molar-refractivity contribution >= 4 is 11.6 Å². The molecule has 2 rings (SSSR count). The predicted molar refractivity (Wildman–Crippen MR) is 71.2 cm³/mol. The van der Waals surface area contributed by atoms with Crippen LogP contribution in [-0.4, -0.2) is 22.8 Å². The maximum absolute atomic E-state index is 11.9. The smallest absolute Gasteiger partial charge is 0.255 e. The third-order valence-electron chi connectivity index (χ3n) is 3.05. The van der Waals surface area contributed by atoms with Crippen molar-refractivity contribution in [2.24, 2.45) is 0 Å². The molecule has 18 heavy (non-hydrogen) atoms. The molecular weight excluding hydrogens is 252 g/mol. The number of aromatic nitrogens is 2. The molecule has 0 amide bonds. The highest BCUT2D eigenvalue weighted by Crippen LogP contribution is 2.38. The van der Waals surface area contributed by atoms with E-state index in [1.807, 2.05) is 0 Å². The van der Waals surface area contributed by atoms with E-state index in [1.165, 1.54) is 6.07 Å². The zero-order valence-electron chi connectivity index (χ0n) is 10.7. The van der Waals surface area contributed by atoms with Gasteiger partial charge in [0.15, 0.2) is 0 Å². The normalized spacial score (nSPS) is 15.0. The lowest BCUT2D eigenvalue weighted by Gasteiger charge is -2.11. The van der Waals surface area contributed by atoms with Crippen LogP contribution in [0.5, 0.6) is 0 Å². The highest BCUT2D eigenvalue weighted by atomic mass is 35.5. The van der Waals surface area contributed by atoms with E-state index in [9.17, 15) is 4.79 Å². The number of hydrogen-bond donors (Lipinski definition) is 0. The van der Waals surface area contributed by atoms with Gasteiger partial charge in [0.05, 0.1) is 13.2 Å². The van der Waals surface area contributed by atoms with Gasteiger partial charge in [-0.1, -0.05) is 24.9 Å². The maximum Gasteiger partial charge on any atom is 0.255 e. The summed E-state index contributed by atoms with van der Waals surface area (Å²) in [4.78, 5) is 16.2. The Morgan fingerprint density at radius 2 is 2.28 bits per heavy atom.